The first kappa shape index (κ1) is 10.3. The van der Waals surface area contributed by atoms with Crippen molar-refractivity contribution in [2.75, 3.05) is 0 Å². The molecule has 0 amide bonds. The Morgan fingerprint density at radius 2 is 1.92 bits per heavy atom. The van der Waals surface area contributed by atoms with E-state index in [4.69, 9.17) is 14.7 Å². The third-order valence-corrected chi connectivity index (χ3v) is 1.17. The van der Waals surface area contributed by atoms with E-state index in [0.717, 1.165) is 0 Å². The lowest BCUT2D eigenvalue weighted by molar-refractivity contribution is -0.191. The summed E-state index contributed by atoms with van der Waals surface area (Å²) in [5.41, 5.74) is 0.468. The lowest BCUT2D eigenvalue weighted by Gasteiger charge is -1.95. The molecule has 0 aliphatic heterocycles. The van der Waals surface area contributed by atoms with E-state index in [1.165, 1.54) is 6.07 Å². The van der Waals surface area contributed by atoms with Gasteiger partial charge in [0.1, 0.15) is 0 Å². The molecule has 64 valence electrons. The van der Waals surface area contributed by atoms with E-state index >= 15 is 0 Å². The minimum absolute atomic E-state index is 0.250. The summed E-state index contributed by atoms with van der Waals surface area (Å²) in [6, 6.07) is 4.53. The standard InChI is InChI=1S/C7H7FO.CO2/c1-5-3-2-4-6(9)7(5)8;2-1-3/h2-4,9H,1H3;. The highest BCUT2D eigenvalue weighted by molar-refractivity contribution is 5.28. The third-order valence-electron chi connectivity index (χ3n) is 1.17. The van der Waals surface area contributed by atoms with Gasteiger partial charge in [-0.05, 0) is 18.6 Å². The summed E-state index contributed by atoms with van der Waals surface area (Å²) >= 11 is 0. The van der Waals surface area contributed by atoms with Crippen molar-refractivity contribution in [3.63, 3.8) is 0 Å². The summed E-state index contributed by atoms with van der Waals surface area (Å²) in [6.07, 6.45) is 0.250. The highest BCUT2D eigenvalue weighted by Gasteiger charge is 1.99. The first-order chi connectivity index (χ1) is 5.63. The van der Waals surface area contributed by atoms with Crippen molar-refractivity contribution in [3.05, 3.63) is 29.6 Å². The van der Waals surface area contributed by atoms with Gasteiger partial charge in [-0.3, -0.25) is 0 Å². The molecule has 0 aromatic heterocycles. The molecule has 3 nitrogen and oxygen atoms in total. The van der Waals surface area contributed by atoms with E-state index < -0.39 is 5.82 Å². The number of hydrogen-bond acceptors (Lipinski definition) is 3. The highest BCUT2D eigenvalue weighted by atomic mass is 19.1. The molecule has 1 N–H and O–H groups in total. The highest BCUT2D eigenvalue weighted by Crippen LogP contribution is 2.16. The zero-order valence-corrected chi connectivity index (χ0v) is 6.37. The normalized spacial score (nSPS) is 7.83. The Hall–Kier alpha value is -1.67. The lowest BCUT2D eigenvalue weighted by Crippen LogP contribution is -1.79. The summed E-state index contributed by atoms with van der Waals surface area (Å²) < 4.78 is 12.5. The molecule has 0 fully saturated rings. The smallest absolute Gasteiger partial charge is 0.373 e. The van der Waals surface area contributed by atoms with E-state index in [0.29, 0.717) is 5.56 Å². The average Bonchev–Trinajstić information content (AvgIpc) is 2.02. The first-order valence-electron chi connectivity index (χ1n) is 3.06. The molecule has 0 bridgehead atoms. The fraction of sp³-hybridized carbons (Fsp3) is 0.125. The maximum absolute atomic E-state index is 12.5. The van der Waals surface area contributed by atoms with E-state index in [1.54, 1.807) is 19.1 Å². The quantitative estimate of drug-likeness (QED) is 0.637. The van der Waals surface area contributed by atoms with Crippen molar-refractivity contribution >= 4 is 6.15 Å². The fourth-order valence-corrected chi connectivity index (χ4v) is 0.632. The average molecular weight is 170 g/mol. The molecule has 0 unspecified atom stereocenters. The molecule has 4 heteroatoms. The van der Waals surface area contributed by atoms with Gasteiger partial charge in [0.25, 0.3) is 0 Å². The second-order valence-corrected chi connectivity index (χ2v) is 1.99. The van der Waals surface area contributed by atoms with Gasteiger partial charge in [-0.2, -0.15) is 9.59 Å². The molecule has 0 radical (unpaired) electrons. The largest absolute Gasteiger partial charge is 0.505 e. The Morgan fingerprint density at radius 1 is 1.42 bits per heavy atom. The maximum Gasteiger partial charge on any atom is 0.373 e. The first-order valence-corrected chi connectivity index (χ1v) is 3.06. The Bertz CT molecular complexity index is 270. The van der Waals surface area contributed by atoms with Gasteiger partial charge in [0.05, 0.1) is 0 Å². The Labute approximate surface area is 68.4 Å². The van der Waals surface area contributed by atoms with Crippen LogP contribution in [0.15, 0.2) is 18.2 Å². The Balaban J connectivity index is 0.000000354. The number of phenolic OH excluding ortho intramolecular Hbond substituents is 1. The van der Waals surface area contributed by atoms with Gasteiger partial charge in [-0.1, -0.05) is 12.1 Å². The van der Waals surface area contributed by atoms with Crippen LogP contribution in [0.5, 0.6) is 5.75 Å². The topological polar surface area (TPSA) is 54.4 Å². The minimum atomic E-state index is -0.530. The molecule has 0 atom stereocenters. The molecule has 1 aromatic rings. The van der Waals surface area contributed by atoms with Crippen molar-refractivity contribution in [3.8, 4) is 5.75 Å². The van der Waals surface area contributed by atoms with Gasteiger partial charge in [-0.15, -0.1) is 0 Å². The zero-order valence-electron chi connectivity index (χ0n) is 6.37. The fourth-order valence-electron chi connectivity index (χ4n) is 0.632. The number of halogens is 1. The molecule has 0 spiro atoms. The molecular formula is C8H7FO3. The van der Waals surface area contributed by atoms with Gasteiger partial charge in [0, 0.05) is 0 Å². The number of benzene rings is 1. The van der Waals surface area contributed by atoms with Gasteiger partial charge in [0.15, 0.2) is 11.6 Å². The van der Waals surface area contributed by atoms with E-state index in [9.17, 15) is 4.39 Å². The number of hydrogen-bond donors (Lipinski definition) is 1. The number of rotatable bonds is 0. The van der Waals surface area contributed by atoms with Crippen LogP contribution < -0.4 is 0 Å². The SMILES string of the molecule is Cc1cccc(O)c1F.O=C=O. The molecular weight excluding hydrogens is 163 g/mol. The summed E-state index contributed by atoms with van der Waals surface area (Å²) in [5, 5.41) is 8.73. The Morgan fingerprint density at radius 3 is 2.25 bits per heavy atom. The van der Waals surface area contributed by atoms with Crippen molar-refractivity contribution in [2.24, 2.45) is 0 Å². The van der Waals surface area contributed by atoms with Crippen molar-refractivity contribution in [2.45, 2.75) is 6.92 Å². The summed E-state index contributed by atoms with van der Waals surface area (Å²) in [5.74, 6) is -0.812. The second kappa shape index (κ2) is 5.04. The summed E-state index contributed by atoms with van der Waals surface area (Å²) in [4.78, 5) is 16.2. The van der Waals surface area contributed by atoms with Crippen LogP contribution in [-0.2, 0) is 9.59 Å². The molecule has 12 heavy (non-hydrogen) atoms. The number of aromatic hydroxyl groups is 1. The van der Waals surface area contributed by atoms with Crippen LogP contribution in [0.1, 0.15) is 5.56 Å². The zero-order chi connectivity index (χ0) is 9.56. The third kappa shape index (κ3) is 2.94. The number of phenols is 1. The molecule has 0 aliphatic carbocycles. The van der Waals surface area contributed by atoms with Crippen molar-refractivity contribution < 1.29 is 19.1 Å². The van der Waals surface area contributed by atoms with E-state index in [2.05, 4.69) is 0 Å². The second-order valence-electron chi connectivity index (χ2n) is 1.99. The maximum atomic E-state index is 12.5. The molecule has 0 heterocycles. The molecule has 1 rings (SSSR count). The Kier molecular flexibility index (Phi) is 4.34. The van der Waals surface area contributed by atoms with E-state index in [1.807, 2.05) is 0 Å². The van der Waals surface area contributed by atoms with Crippen molar-refractivity contribution in [1.82, 2.24) is 0 Å². The van der Waals surface area contributed by atoms with Gasteiger partial charge in [-0.25, -0.2) is 4.39 Å². The summed E-state index contributed by atoms with van der Waals surface area (Å²) in [7, 11) is 0. The lowest BCUT2D eigenvalue weighted by atomic mass is 10.2. The molecule has 0 saturated carbocycles. The van der Waals surface area contributed by atoms with Crippen LogP contribution in [0, 0.1) is 12.7 Å². The van der Waals surface area contributed by atoms with Crippen LogP contribution in [0.4, 0.5) is 4.39 Å². The predicted molar refractivity (Wildman–Crippen MR) is 37.8 cm³/mol. The van der Waals surface area contributed by atoms with Gasteiger partial charge >= 0.3 is 6.15 Å². The van der Waals surface area contributed by atoms with Crippen LogP contribution in [0.2, 0.25) is 0 Å². The van der Waals surface area contributed by atoms with Crippen LogP contribution in [-0.4, -0.2) is 11.3 Å². The van der Waals surface area contributed by atoms with Crippen LogP contribution in [0.3, 0.4) is 0 Å². The number of aryl methyl sites for hydroxylation is 1. The molecule has 1 aromatic carbocycles. The molecule has 0 aliphatic rings. The van der Waals surface area contributed by atoms with E-state index in [-0.39, 0.29) is 11.9 Å². The van der Waals surface area contributed by atoms with Crippen molar-refractivity contribution in [1.29, 1.82) is 0 Å². The van der Waals surface area contributed by atoms with Crippen LogP contribution >= 0.6 is 0 Å². The minimum Gasteiger partial charge on any atom is -0.505 e. The van der Waals surface area contributed by atoms with Gasteiger partial charge < -0.3 is 5.11 Å². The summed E-state index contributed by atoms with van der Waals surface area (Å²) in [6.45, 7) is 1.61. The number of carbonyl (C=O) groups excluding carboxylic acids is 2. The van der Waals surface area contributed by atoms with Crippen LogP contribution in [0.25, 0.3) is 0 Å². The molecule has 0 saturated heterocycles. The predicted octanol–water partition coefficient (Wildman–Crippen LogP) is 1.26. The monoisotopic (exact) mass is 170 g/mol. The van der Waals surface area contributed by atoms with Gasteiger partial charge in [0.2, 0.25) is 0 Å².